The molecule has 5 rings (SSSR count). The van der Waals surface area contributed by atoms with Crippen molar-refractivity contribution >= 4 is 21.9 Å². The molecule has 0 saturated heterocycles. The van der Waals surface area contributed by atoms with Gasteiger partial charge in [0.05, 0.1) is 5.69 Å². The molecule has 2 heteroatoms. The molecule has 2 aromatic heterocycles. The van der Waals surface area contributed by atoms with E-state index in [2.05, 4.69) is 56.1 Å². The fourth-order valence-corrected chi connectivity index (χ4v) is 4.13. The van der Waals surface area contributed by atoms with E-state index >= 15 is 0 Å². The van der Waals surface area contributed by atoms with Crippen molar-refractivity contribution in [3.05, 3.63) is 101 Å². The third-order valence-electron chi connectivity index (χ3n) is 6.06. The second kappa shape index (κ2) is 6.84. The highest BCUT2D eigenvalue weighted by molar-refractivity contribution is 6.10. The Morgan fingerprint density at radius 2 is 1.70 bits per heavy atom. The van der Waals surface area contributed by atoms with Crippen molar-refractivity contribution in [3.63, 3.8) is 0 Å². The lowest BCUT2D eigenvalue weighted by atomic mass is 9.78. The van der Waals surface area contributed by atoms with Gasteiger partial charge in [0.2, 0.25) is 0 Å². The Bertz CT molecular complexity index is 1480. The van der Waals surface area contributed by atoms with Crippen LogP contribution in [0.5, 0.6) is 0 Å². The number of fused-ring (bicyclic) bond motifs is 3. The minimum absolute atomic E-state index is 0.225. The molecular formula is C28H25NO. The Kier molecular flexibility index (Phi) is 3.52. The number of aromatic nitrogens is 1. The predicted octanol–water partition coefficient (Wildman–Crippen LogP) is 7.59. The molecule has 3 aromatic carbocycles. The normalized spacial score (nSPS) is 13.9. The van der Waals surface area contributed by atoms with E-state index in [1.165, 1.54) is 11.1 Å². The van der Waals surface area contributed by atoms with Crippen LogP contribution in [0.4, 0.5) is 0 Å². The molecular weight excluding hydrogens is 366 g/mol. The maximum Gasteiger partial charge on any atom is 0.145 e. The molecule has 0 aliphatic heterocycles. The Balaban J connectivity index is 1.72. The SMILES string of the molecule is [2H]C([2H])([2H])c1ccc(-c2cc(C(C)(C)c3ccc(C)cc3)ccn2)c2oc3ccccc3c12. The van der Waals surface area contributed by atoms with Crippen molar-refractivity contribution in [2.75, 3.05) is 0 Å². The summed E-state index contributed by atoms with van der Waals surface area (Å²) in [5.41, 5.74) is 6.41. The molecule has 2 heterocycles. The molecule has 0 spiro atoms. The van der Waals surface area contributed by atoms with Crippen LogP contribution in [0, 0.1) is 13.8 Å². The van der Waals surface area contributed by atoms with Gasteiger partial charge < -0.3 is 4.42 Å². The summed E-state index contributed by atoms with van der Waals surface area (Å²) in [7, 11) is 0. The van der Waals surface area contributed by atoms with Gasteiger partial charge in [-0.2, -0.15) is 0 Å². The van der Waals surface area contributed by atoms with Crippen LogP contribution < -0.4 is 0 Å². The van der Waals surface area contributed by atoms with Gasteiger partial charge in [0, 0.05) is 32.1 Å². The van der Waals surface area contributed by atoms with E-state index in [1.807, 2.05) is 42.6 Å². The molecule has 0 bridgehead atoms. The molecule has 0 unspecified atom stereocenters. The number of furan rings is 1. The summed E-state index contributed by atoms with van der Waals surface area (Å²) < 4.78 is 30.3. The van der Waals surface area contributed by atoms with E-state index in [0.29, 0.717) is 22.1 Å². The maximum absolute atomic E-state index is 8.05. The first kappa shape index (κ1) is 15.4. The summed E-state index contributed by atoms with van der Waals surface area (Å²) in [5.74, 6) is 0. The number of benzene rings is 3. The number of nitrogens with zero attached hydrogens (tertiary/aromatic N) is 1. The van der Waals surface area contributed by atoms with Crippen molar-refractivity contribution < 1.29 is 8.53 Å². The minimum atomic E-state index is -2.24. The second-order valence-electron chi connectivity index (χ2n) is 8.38. The Hall–Kier alpha value is -3.39. The van der Waals surface area contributed by atoms with Gasteiger partial charge in [-0.25, -0.2) is 0 Å². The molecule has 30 heavy (non-hydrogen) atoms. The highest BCUT2D eigenvalue weighted by atomic mass is 16.3. The third-order valence-corrected chi connectivity index (χ3v) is 6.06. The zero-order valence-electron chi connectivity index (χ0n) is 20.4. The van der Waals surface area contributed by atoms with Crippen LogP contribution in [0.15, 0.2) is 83.4 Å². The number of para-hydroxylation sites is 1. The van der Waals surface area contributed by atoms with Gasteiger partial charge in [-0.05, 0) is 54.7 Å². The third kappa shape index (κ3) is 2.91. The lowest BCUT2D eigenvalue weighted by Gasteiger charge is -2.26. The van der Waals surface area contributed by atoms with Crippen LogP contribution >= 0.6 is 0 Å². The fraction of sp³-hybridized carbons (Fsp3) is 0.179. The standard InChI is InChI=1S/C28H25NO/c1-18-9-12-20(13-10-18)28(3,4)21-15-16-29-24(17-21)22-14-11-19(2)26-23-7-5-6-8-25(23)30-27(22)26/h5-17H,1-4H3/i2D3. The monoisotopic (exact) mass is 394 g/mol. The van der Waals surface area contributed by atoms with Crippen molar-refractivity contribution in [1.29, 1.82) is 0 Å². The van der Waals surface area contributed by atoms with Crippen LogP contribution in [0.3, 0.4) is 0 Å². The lowest BCUT2D eigenvalue weighted by molar-refractivity contribution is 0.639. The van der Waals surface area contributed by atoms with E-state index in [9.17, 15) is 0 Å². The molecule has 5 aromatic rings. The van der Waals surface area contributed by atoms with Crippen molar-refractivity contribution in [2.45, 2.75) is 33.0 Å². The Morgan fingerprint density at radius 3 is 2.50 bits per heavy atom. The maximum atomic E-state index is 8.05. The van der Waals surface area contributed by atoms with Gasteiger partial charge in [0.1, 0.15) is 11.2 Å². The average Bonchev–Trinajstić information content (AvgIpc) is 3.18. The Labute approximate surface area is 181 Å². The number of hydrogen-bond donors (Lipinski definition) is 0. The van der Waals surface area contributed by atoms with Gasteiger partial charge in [-0.15, -0.1) is 0 Å². The highest BCUT2D eigenvalue weighted by Gasteiger charge is 2.24. The van der Waals surface area contributed by atoms with E-state index in [-0.39, 0.29) is 5.41 Å². The zero-order valence-corrected chi connectivity index (χ0v) is 17.4. The summed E-state index contributed by atoms with van der Waals surface area (Å²) in [6, 6.07) is 23.8. The van der Waals surface area contributed by atoms with Gasteiger partial charge in [-0.1, -0.05) is 67.9 Å². The van der Waals surface area contributed by atoms with Crippen molar-refractivity contribution in [2.24, 2.45) is 0 Å². The zero-order chi connectivity index (χ0) is 23.4. The quantitative estimate of drug-likeness (QED) is 0.315. The highest BCUT2D eigenvalue weighted by Crippen LogP contribution is 2.39. The predicted molar refractivity (Wildman–Crippen MR) is 125 cm³/mol. The average molecular weight is 395 g/mol. The van der Waals surface area contributed by atoms with Crippen LogP contribution in [-0.4, -0.2) is 4.98 Å². The molecule has 0 aliphatic carbocycles. The first-order valence-corrected chi connectivity index (χ1v) is 10.1. The first-order valence-electron chi connectivity index (χ1n) is 11.6. The van der Waals surface area contributed by atoms with Gasteiger partial charge in [0.25, 0.3) is 0 Å². The number of rotatable bonds is 3. The summed E-state index contributed by atoms with van der Waals surface area (Å²) in [6.07, 6.45) is 1.81. The molecule has 0 amide bonds. The van der Waals surface area contributed by atoms with Crippen LogP contribution in [0.2, 0.25) is 0 Å². The van der Waals surface area contributed by atoms with Crippen molar-refractivity contribution in [1.82, 2.24) is 4.98 Å². The van der Waals surface area contributed by atoms with E-state index < -0.39 is 6.85 Å². The molecule has 0 atom stereocenters. The topological polar surface area (TPSA) is 26.0 Å². The Morgan fingerprint density at radius 1 is 0.900 bits per heavy atom. The molecule has 0 radical (unpaired) electrons. The minimum Gasteiger partial charge on any atom is -0.455 e. The van der Waals surface area contributed by atoms with Gasteiger partial charge >= 0.3 is 0 Å². The van der Waals surface area contributed by atoms with Crippen LogP contribution in [-0.2, 0) is 5.41 Å². The molecule has 0 N–H and O–H groups in total. The fourth-order valence-electron chi connectivity index (χ4n) is 4.13. The molecule has 0 aliphatic rings. The number of aryl methyl sites for hydroxylation is 2. The van der Waals surface area contributed by atoms with Gasteiger partial charge in [0.15, 0.2) is 0 Å². The van der Waals surface area contributed by atoms with Crippen LogP contribution in [0.1, 0.15) is 40.2 Å². The van der Waals surface area contributed by atoms with Gasteiger partial charge in [-0.3, -0.25) is 4.98 Å². The largest absolute Gasteiger partial charge is 0.455 e. The van der Waals surface area contributed by atoms with E-state index in [0.717, 1.165) is 22.2 Å². The number of pyridine rings is 1. The van der Waals surface area contributed by atoms with Crippen molar-refractivity contribution in [3.8, 4) is 11.3 Å². The summed E-state index contributed by atoms with van der Waals surface area (Å²) in [4.78, 5) is 4.64. The number of hydrogen-bond acceptors (Lipinski definition) is 2. The molecule has 0 fully saturated rings. The summed E-state index contributed by atoms with van der Waals surface area (Å²) >= 11 is 0. The lowest BCUT2D eigenvalue weighted by Crippen LogP contribution is -2.19. The first-order chi connectivity index (χ1) is 15.7. The summed E-state index contributed by atoms with van der Waals surface area (Å²) in [6.45, 7) is 4.24. The molecule has 148 valence electrons. The van der Waals surface area contributed by atoms with E-state index in [1.54, 1.807) is 6.07 Å². The molecule has 2 nitrogen and oxygen atoms in total. The summed E-state index contributed by atoms with van der Waals surface area (Å²) in [5, 5.41) is 1.43. The smallest absolute Gasteiger partial charge is 0.145 e. The second-order valence-corrected chi connectivity index (χ2v) is 8.38. The van der Waals surface area contributed by atoms with E-state index in [4.69, 9.17) is 8.53 Å². The van der Waals surface area contributed by atoms with Crippen LogP contribution in [0.25, 0.3) is 33.2 Å². The molecule has 0 saturated carbocycles.